The third-order valence-corrected chi connectivity index (χ3v) is 4.37. The van der Waals surface area contributed by atoms with Crippen LogP contribution in [0.4, 0.5) is 8.78 Å². The molecule has 0 radical (unpaired) electrons. The number of carbonyl (C=O) groups is 1. The maximum absolute atomic E-state index is 13.8. The summed E-state index contributed by atoms with van der Waals surface area (Å²) in [6, 6.07) is 3.29. The van der Waals surface area contributed by atoms with Crippen molar-refractivity contribution in [3.05, 3.63) is 50.6 Å². The molecule has 0 fully saturated rings. The fraction of sp³-hybridized carbons (Fsp3) is 0.0714. The van der Waals surface area contributed by atoms with E-state index in [-0.39, 0.29) is 26.5 Å². The van der Waals surface area contributed by atoms with Gasteiger partial charge in [0.1, 0.15) is 27.2 Å². The van der Waals surface area contributed by atoms with Gasteiger partial charge < -0.3 is 10.1 Å². The number of aromatic amines is 1. The van der Waals surface area contributed by atoms with Crippen LogP contribution in [0.25, 0.3) is 21.6 Å². The number of nitrogens with one attached hydrogen (secondary N) is 1. The minimum absolute atomic E-state index is 0.0286. The van der Waals surface area contributed by atoms with Gasteiger partial charge in [0.15, 0.2) is 0 Å². The molecule has 0 aliphatic heterocycles. The Morgan fingerprint density at radius 2 is 1.95 bits per heavy atom. The summed E-state index contributed by atoms with van der Waals surface area (Å²) in [6.07, 6.45) is 0. The number of aryl methyl sites for hydroxylation is 1. The van der Waals surface area contributed by atoms with Crippen molar-refractivity contribution >= 4 is 27.5 Å². The van der Waals surface area contributed by atoms with E-state index in [0.29, 0.717) is 0 Å². The number of carboxylic acid groups (broad SMARTS) is 1. The molecule has 0 aliphatic rings. The molecule has 3 aromatic rings. The van der Waals surface area contributed by atoms with Crippen molar-refractivity contribution in [1.82, 2.24) is 9.97 Å². The summed E-state index contributed by atoms with van der Waals surface area (Å²) < 4.78 is 27.6. The van der Waals surface area contributed by atoms with E-state index in [0.717, 1.165) is 23.5 Å². The third kappa shape index (κ3) is 2.08. The molecule has 1 aromatic carbocycles. The maximum Gasteiger partial charge on any atom is 0.346 e. The molecule has 5 nitrogen and oxygen atoms in total. The van der Waals surface area contributed by atoms with Crippen molar-refractivity contribution < 1.29 is 18.7 Å². The smallest absolute Gasteiger partial charge is 0.346 e. The van der Waals surface area contributed by atoms with Gasteiger partial charge in [0.05, 0.1) is 10.9 Å². The van der Waals surface area contributed by atoms with Crippen LogP contribution in [0, 0.1) is 18.6 Å². The Labute approximate surface area is 125 Å². The lowest BCUT2D eigenvalue weighted by Crippen LogP contribution is -2.10. The number of benzene rings is 1. The number of rotatable bonds is 2. The summed E-state index contributed by atoms with van der Waals surface area (Å²) in [5.41, 5.74) is -0.810. The first-order valence-electron chi connectivity index (χ1n) is 6.11. The molecule has 0 spiro atoms. The van der Waals surface area contributed by atoms with Gasteiger partial charge >= 0.3 is 5.97 Å². The van der Waals surface area contributed by atoms with Crippen LogP contribution in [0.1, 0.15) is 15.2 Å². The summed E-state index contributed by atoms with van der Waals surface area (Å²) >= 11 is 0.791. The van der Waals surface area contributed by atoms with Crippen LogP contribution in [-0.4, -0.2) is 21.0 Å². The second-order valence-corrected chi connectivity index (χ2v) is 5.55. The number of hydrogen-bond donors (Lipinski definition) is 2. The molecule has 112 valence electrons. The number of aromatic carboxylic acids is 1. The summed E-state index contributed by atoms with van der Waals surface area (Å²) in [7, 11) is 0. The second-order valence-electron chi connectivity index (χ2n) is 4.55. The van der Waals surface area contributed by atoms with Gasteiger partial charge in [0.2, 0.25) is 0 Å². The predicted octanol–water partition coefficient (Wildman–Crippen LogP) is 2.94. The molecule has 2 N–H and O–H groups in total. The third-order valence-electron chi connectivity index (χ3n) is 3.19. The quantitative estimate of drug-likeness (QED) is 0.760. The molecule has 0 saturated carbocycles. The average Bonchev–Trinajstić information content (AvgIpc) is 2.76. The van der Waals surface area contributed by atoms with E-state index < -0.39 is 28.7 Å². The Morgan fingerprint density at radius 3 is 2.55 bits per heavy atom. The highest BCUT2D eigenvalue weighted by atomic mass is 32.1. The molecular weight excluding hydrogens is 314 g/mol. The number of hydrogen-bond acceptors (Lipinski definition) is 4. The highest BCUT2D eigenvalue weighted by Gasteiger charge is 2.21. The first-order chi connectivity index (χ1) is 10.4. The van der Waals surface area contributed by atoms with Crippen LogP contribution in [0.3, 0.4) is 0 Å². The number of H-pyrrole nitrogens is 1. The monoisotopic (exact) mass is 322 g/mol. The molecule has 0 bridgehead atoms. The number of fused-ring (bicyclic) bond motifs is 1. The zero-order valence-corrected chi connectivity index (χ0v) is 11.9. The topological polar surface area (TPSA) is 83.0 Å². The Kier molecular flexibility index (Phi) is 3.25. The van der Waals surface area contributed by atoms with Gasteiger partial charge in [0, 0.05) is 0 Å². The standard InChI is InChI=1S/C14H8F2N2O3S/c1-5-8-12(19)17-11(9-6(15)3-2-4-7(9)16)18-13(8)22-10(5)14(20)21/h2-4H,1H3,(H,20,21)(H,17,18,19). The van der Waals surface area contributed by atoms with Crippen molar-refractivity contribution in [3.8, 4) is 11.4 Å². The Hall–Kier alpha value is -2.61. The van der Waals surface area contributed by atoms with Crippen molar-refractivity contribution in [2.75, 3.05) is 0 Å². The molecule has 8 heteroatoms. The molecule has 22 heavy (non-hydrogen) atoms. The van der Waals surface area contributed by atoms with E-state index in [1.54, 1.807) is 0 Å². The first kappa shape index (κ1) is 14.3. The average molecular weight is 322 g/mol. The molecule has 0 amide bonds. The Morgan fingerprint density at radius 1 is 1.32 bits per heavy atom. The van der Waals surface area contributed by atoms with E-state index in [4.69, 9.17) is 5.11 Å². The Bertz CT molecular complexity index is 958. The molecular formula is C14H8F2N2O3S. The van der Waals surface area contributed by atoms with E-state index >= 15 is 0 Å². The van der Waals surface area contributed by atoms with E-state index in [9.17, 15) is 18.4 Å². The first-order valence-corrected chi connectivity index (χ1v) is 6.93. The van der Waals surface area contributed by atoms with E-state index in [2.05, 4.69) is 9.97 Å². The highest BCUT2D eigenvalue weighted by molar-refractivity contribution is 7.20. The van der Waals surface area contributed by atoms with Crippen LogP contribution >= 0.6 is 11.3 Å². The van der Waals surface area contributed by atoms with Crippen molar-refractivity contribution in [3.63, 3.8) is 0 Å². The number of halogens is 2. The van der Waals surface area contributed by atoms with Crippen LogP contribution in [-0.2, 0) is 0 Å². The van der Waals surface area contributed by atoms with Gasteiger partial charge in [-0.15, -0.1) is 11.3 Å². The zero-order chi connectivity index (χ0) is 16.0. The number of aromatic nitrogens is 2. The summed E-state index contributed by atoms with van der Waals surface area (Å²) in [6.45, 7) is 1.49. The van der Waals surface area contributed by atoms with Gasteiger partial charge in [-0.25, -0.2) is 18.6 Å². The van der Waals surface area contributed by atoms with Crippen LogP contribution in [0.15, 0.2) is 23.0 Å². The van der Waals surface area contributed by atoms with Crippen molar-refractivity contribution in [1.29, 1.82) is 0 Å². The van der Waals surface area contributed by atoms with Gasteiger partial charge in [-0.05, 0) is 24.6 Å². The Balaban J connectivity index is 2.35. The highest BCUT2D eigenvalue weighted by Crippen LogP contribution is 2.29. The zero-order valence-electron chi connectivity index (χ0n) is 11.1. The number of nitrogens with zero attached hydrogens (tertiary/aromatic N) is 1. The summed E-state index contributed by atoms with van der Waals surface area (Å²) in [4.78, 5) is 29.7. The van der Waals surface area contributed by atoms with Crippen molar-refractivity contribution in [2.24, 2.45) is 0 Å². The predicted molar refractivity (Wildman–Crippen MR) is 77.3 cm³/mol. The fourth-order valence-electron chi connectivity index (χ4n) is 2.19. The molecule has 0 saturated heterocycles. The molecule has 0 unspecified atom stereocenters. The van der Waals surface area contributed by atoms with Crippen LogP contribution in [0.5, 0.6) is 0 Å². The molecule has 2 heterocycles. The normalized spacial score (nSPS) is 11.0. The van der Waals surface area contributed by atoms with Gasteiger partial charge in [-0.3, -0.25) is 4.79 Å². The molecule has 0 atom stereocenters. The molecule has 2 aromatic heterocycles. The summed E-state index contributed by atoms with van der Waals surface area (Å²) in [5, 5.41) is 9.20. The van der Waals surface area contributed by atoms with Crippen molar-refractivity contribution in [2.45, 2.75) is 6.92 Å². The fourth-order valence-corrected chi connectivity index (χ4v) is 3.21. The van der Waals surface area contributed by atoms with Gasteiger partial charge in [-0.1, -0.05) is 6.07 Å². The second kappa shape index (κ2) is 4.99. The maximum atomic E-state index is 13.8. The number of carboxylic acids is 1. The number of thiophene rings is 1. The van der Waals surface area contributed by atoms with Gasteiger partial charge in [0.25, 0.3) is 5.56 Å². The minimum Gasteiger partial charge on any atom is -0.477 e. The summed E-state index contributed by atoms with van der Waals surface area (Å²) in [5.74, 6) is -3.19. The lowest BCUT2D eigenvalue weighted by Gasteiger charge is -2.04. The molecule has 0 aliphatic carbocycles. The lowest BCUT2D eigenvalue weighted by atomic mass is 10.1. The van der Waals surface area contributed by atoms with Crippen LogP contribution in [0.2, 0.25) is 0 Å². The van der Waals surface area contributed by atoms with Gasteiger partial charge in [-0.2, -0.15) is 0 Å². The van der Waals surface area contributed by atoms with E-state index in [1.807, 2.05) is 0 Å². The largest absolute Gasteiger partial charge is 0.477 e. The molecule has 3 rings (SSSR count). The SMILES string of the molecule is Cc1c(C(=O)O)sc2nc(-c3c(F)cccc3F)[nH]c(=O)c12. The van der Waals surface area contributed by atoms with Crippen LogP contribution < -0.4 is 5.56 Å². The van der Waals surface area contributed by atoms with E-state index in [1.165, 1.54) is 13.0 Å². The lowest BCUT2D eigenvalue weighted by molar-refractivity contribution is 0.0701. The minimum atomic E-state index is -1.18.